The fourth-order valence-corrected chi connectivity index (χ4v) is 4.76. The van der Waals surface area contributed by atoms with E-state index in [0.29, 0.717) is 19.4 Å². The van der Waals surface area contributed by atoms with Crippen LogP contribution in [-0.2, 0) is 14.3 Å². The zero-order valence-electron chi connectivity index (χ0n) is 11.6. The molecule has 2 aliphatic heterocycles. The van der Waals surface area contributed by atoms with Gasteiger partial charge in [0.05, 0.1) is 24.9 Å². The normalized spacial score (nSPS) is 59.1. The third-order valence-corrected chi connectivity index (χ3v) is 6.45. The molecule has 0 aromatic carbocycles. The Balaban J connectivity index is 1.90. The van der Waals surface area contributed by atoms with Crippen molar-refractivity contribution in [3.8, 4) is 0 Å². The van der Waals surface area contributed by atoms with Gasteiger partial charge >= 0.3 is 0 Å². The lowest BCUT2D eigenvalue weighted by atomic mass is 9.52. The third-order valence-electron chi connectivity index (χ3n) is 6.45. The Hall–Kier alpha value is -0.710. The molecule has 0 radical (unpaired) electrons. The van der Waals surface area contributed by atoms with E-state index in [1.54, 1.807) is 0 Å². The Kier molecular flexibility index (Phi) is 1.99. The minimum absolute atomic E-state index is 0.0390. The van der Waals surface area contributed by atoms with Crippen molar-refractivity contribution in [3.63, 3.8) is 0 Å². The van der Waals surface area contributed by atoms with Crippen LogP contribution in [-0.4, -0.2) is 41.4 Å². The summed E-state index contributed by atoms with van der Waals surface area (Å²) in [6.45, 7) is 6.66. The standard InChI is InChI=1S/C15H20O4/c1-8-4-11-13(2,6-9(8)16)14(3)10(17)5-12(19-11)15(14)7-18-15/h4,10-12,17H,5-7H2,1-3H3/t10?,11-,12?,13?,14?,15?/m1/s1. The average Bonchev–Trinajstić information content (AvgIpc) is 3.10. The number of aliphatic hydroxyl groups is 1. The molecule has 104 valence electrons. The lowest BCUT2D eigenvalue weighted by Gasteiger charge is -2.56. The van der Waals surface area contributed by atoms with E-state index < -0.39 is 11.5 Å². The zero-order valence-corrected chi connectivity index (χ0v) is 11.6. The molecule has 2 bridgehead atoms. The number of carbonyl (C=O) groups excluding carboxylic acids is 1. The molecule has 2 saturated heterocycles. The molecule has 4 heteroatoms. The van der Waals surface area contributed by atoms with Crippen molar-refractivity contribution in [1.29, 1.82) is 0 Å². The Morgan fingerprint density at radius 3 is 2.74 bits per heavy atom. The minimum Gasteiger partial charge on any atom is -0.392 e. The highest BCUT2D eigenvalue weighted by atomic mass is 16.6. The van der Waals surface area contributed by atoms with Crippen molar-refractivity contribution < 1.29 is 19.4 Å². The van der Waals surface area contributed by atoms with Crippen LogP contribution in [0, 0.1) is 10.8 Å². The summed E-state index contributed by atoms with van der Waals surface area (Å²) in [6.07, 6.45) is 2.41. The summed E-state index contributed by atoms with van der Waals surface area (Å²) in [5.74, 6) is 0.164. The number of aliphatic hydroxyl groups excluding tert-OH is 1. The Labute approximate surface area is 112 Å². The van der Waals surface area contributed by atoms with E-state index in [9.17, 15) is 9.90 Å². The van der Waals surface area contributed by atoms with Gasteiger partial charge in [0.2, 0.25) is 0 Å². The second-order valence-electron chi connectivity index (χ2n) is 7.04. The van der Waals surface area contributed by atoms with Crippen molar-refractivity contribution in [1.82, 2.24) is 0 Å². The highest BCUT2D eigenvalue weighted by Crippen LogP contribution is 2.70. The molecule has 1 spiro atoms. The Bertz CT molecular complexity index is 506. The fraction of sp³-hybridized carbons (Fsp3) is 0.800. The van der Waals surface area contributed by atoms with Crippen LogP contribution in [0.1, 0.15) is 33.6 Å². The Morgan fingerprint density at radius 2 is 2.11 bits per heavy atom. The van der Waals surface area contributed by atoms with Gasteiger partial charge in [0, 0.05) is 23.7 Å². The molecule has 2 aliphatic carbocycles. The highest BCUT2D eigenvalue weighted by Gasteiger charge is 2.80. The van der Waals surface area contributed by atoms with Crippen LogP contribution < -0.4 is 0 Å². The second-order valence-corrected chi connectivity index (χ2v) is 7.04. The third kappa shape index (κ3) is 1.08. The van der Waals surface area contributed by atoms with Crippen molar-refractivity contribution in [2.24, 2.45) is 10.8 Å². The number of hydrogen-bond donors (Lipinski definition) is 1. The Morgan fingerprint density at radius 1 is 1.42 bits per heavy atom. The lowest BCUT2D eigenvalue weighted by Crippen LogP contribution is -2.64. The van der Waals surface area contributed by atoms with Crippen molar-refractivity contribution in [2.75, 3.05) is 6.61 Å². The first-order chi connectivity index (χ1) is 8.85. The van der Waals surface area contributed by atoms with E-state index in [1.165, 1.54) is 0 Å². The van der Waals surface area contributed by atoms with Gasteiger partial charge < -0.3 is 14.6 Å². The molecule has 5 unspecified atom stereocenters. The number of allylic oxidation sites excluding steroid dienone is 1. The zero-order chi connectivity index (χ0) is 13.6. The summed E-state index contributed by atoms with van der Waals surface area (Å²) >= 11 is 0. The summed E-state index contributed by atoms with van der Waals surface area (Å²) in [6, 6.07) is 0. The van der Waals surface area contributed by atoms with E-state index in [2.05, 4.69) is 13.8 Å². The molecule has 1 saturated carbocycles. The summed E-state index contributed by atoms with van der Waals surface area (Å²) in [4.78, 5) is 12.2. The second kappa shape index (κ2) is 3.13. The van der Waals surface area contributed by atoms with Crippen LogP contribution >= 0.6 is 0 Å². The molecule has 2 heterocycles. The van der Waals surface area contributed by atoms with E-state index in [-0.39, 0.29) is 29.0 Å². The maximum atomic E-state index is 12.2. The van der Waals surface area contributed by atoms with Gasteiger partial charge in [0.25, 0.3) is 0 Å². The molecule has 0 aromatic rings. The van der Waals surface area contributed by atoms with Crippen LogP contribution in [0.3, 0.4) is 0 Å². The number of ketones is 1. The van der Waals surface area contributed by atoms with Gasteiger partial charge in [-0.2, -0.15) is 0 Å². The van der Waals surface area contributed by atoms with Gasteiger partial charge in [-0.25, -0.2) is 0 Å². The van der Waals surface area contributed by atoms with Gasteiger partial charge in [0.15, 0.2) is 5.78 Å². The van der Waals surface area contributed by atoms with Crippen LogP contribution in [0.5, 0.6) is 0 Å². The van der Waals surface area contributed by atoms with Crippen molar-refractivity contribution in [3.05, 3.63) is 11.6 Å². The van der Waals surface area contributed by atoms with Gasteiger partial charge in [-0.15, -0.1) is 0 Å². The number of ether oxygens (including phenoxy) is 2. The lowest BCUT2D eigenvalue weighted by molar-refractivity contribution is -0.204. The first kappa shape index (κ1) is 12.1. The largest absolute Gasteiger partial charge is 0.392 e. The van der Waals surface area contributed by atoms with Gasteiger partial charge in [-0.3, -0.25) is 4.79 Å². The maximum Gasteiger partial charge on any atom is 0.159 e. The molecular formula is C15H20O4. The van der Waals surface area contributed by atoms with Crippen LogP contribution in [0.15, 0.2) is 11.6 Å². The number of hydrogen-bond acceptors (Lipinski definition) is 4. The van der Waals surface area contributed by atoms with E-state index >= 15 is 0 Å². The van der Waals surface area contributed by atoms with Crippen molar-refractivity contribution in [2.45, 2.75) is 57.5 Å². The number of Topliss-reactive ketones (excluding diaryl/α,β-unsaturated/α-hetero) is 1. The van der Waals surface area contributed by atoms with Crippen LogP contribution in [0.4, 0.5) is 0 Å². The van der Waals surface area contributed by atoms with E-state index in [0.717, 1.165) is 5.57 Å². The maximum absolute atomic E-state index is 12.2. The van der Waals surface area contributed by atoms with E-state index in [1.807, 2.05) is 13.0 Å². The highest BCUT2D eigenvalue weighted by molar-refractivity contribution is 5.96. The monoisotopic (exact) mass is 264 g/mol. The van der Waals surface area contributed by atoms with Crippen LogP contribution in [0.25, 0.3) is 0 Å². The number of rotatable bonds is 0. The van der Waals surface area contributed by atoms with Gasteiger partial charge in [-0.05, 0) is 18.6 Å². The average molecular weight is 264 g/mol. The van der Waals surface area contributed by atoms with E-state index in [4.69, 9.17) is 9.47 Å². The summed E-state index contributed by atoms with van der Waals surface area (Å²) in [5.41, 5.74) is -0.364. The number of carbonyl (C=O) groups is 1. The number of fused-ring (bicyclic) bond motifs is 2. The molecule has 4 aliphatic rings. The minimum atomic E-state index is -0.463. The first-order valence-corrected chi connectivity index (χ1v) is 7.04. The molecule has 4 nitrogen and oxygen atoms in total. The molecule has 19 heavy (non-hydrogen) atoms. The van der Waals surface area contributed by atoms with Crippen LogP contribution in [0.2, 0.25) is 0 Å². The first-order valence-electron chi connectivity index (χ1n) is 7.04. The molecule has 4 rings (SSSR count). The quantitative estimate of drug-likeness (QED) is 0.668. The SMILES string of the molecule is CC1=C[C@H]2OC3CC(O)C(C)(C34CO4)C2(C)CC1=O. The molecule has 3 fully saturated rings. The fourth-order valence-electron chi connectivity index (χ4n) is 4.76. The molecular weight excluding hydrogens is 244 g/mol. The summed E-state index contributed by atoms with van der Waals surface area (Å²) < 4.78 is 12.0. The molecule has 1 N–H and O–H groups in total. The van der Waals surface area contributed by atoms with Crippen molar-refractivity contribution >= 4 is 5.78 Å². The predicted molar refractivity (Wildman–Crippen MR) is 67.6 cm³/mol. The molecule has 0 amide bonds. The topological polar surface area (TPSA) is 59.1 Å². The summed E-state index contributed by atoms with van der Waals surface area (Å²) in [5, 5.41) is 10.6. The predicted octanol–water partition coefficient (Wildman–Crippen LogP) is 1.22. The smallest absolute Gasteiger partial charge is 0.159 e. The number of epoxide rings is 1. The van der Waals surface area contributed by atoms with Gasteiger partial charge in [0.1, 0.15) is 5.60 Å². The molecule has 6 atom stereocenters. The van der Waals surface area contributed by atoms with Gasteiger partial charge in [-0.1, -0.05) is 13.8 Å². The summed E-state index contributed by atoms with van der Waals surface area (Å²) in [7, 11) is 0. The molecule has 0 aromatic heterocycles.